The zero-order valence-electron chi connectivity index (χ0n) is 12.9. The fourth-order valence-corrected chi connectivity index (χ4v) is 2.89. The number of rotatable bonds is 7. The van der Waals surface area contributed by atoms with E-state index in [0.717, 1.165) is 57.0 Å². The summed E-state index contributed by atoms with van der Waals surface area (Å²) in [7, 11) is 0. The molecule has 2 rings (SSSR count). The van der Waals surface area contributed by atoms with Crippen LogP contribution in [0.5, 0.6) is 5.75 Å². The van der Waals surface area contributed by atoms with Crippen molar-refractivity contribution in [3.05, 3.63) is 41.4 Å². The van der Waals surface area contributed by atoms with E-state index in [-0.39, 0.29) is 0 Å². The van der Waals surface area contributed by atoms with E-state index in [1.807, 2.05) is 24.3 Å². The van der Waals surface area contributed by atoms with Gasteiger partial charge in [0.2, 0.25) is 0 Å². The number of nitrogens with zero attached hydrogens (tertiary/aromatic N) is 2. The van der Waals surface area contributed by atoms with Crippen LogP contribution >= 0.6 is 11.6 Å². The molecule has 116 valence electrons. The number of piperazine rings is 1. The zero-order chi connectivity index (χ0) is 15.1. The van der Waals surface area contributed by atoms with Gasteiger partial charge >= 0.3 is 0 Å². The van der Waals surface area contributed by atoms with E-state index < -0.39 is 0 Å². The molecule has 0 atom stereocenters. The molecule has 0 radical (unpaired) electrons. The molecule has 0 saturated carbocycles. The van der Waals surface area contributed by atoms with E-state index in [9.17, 15) is 0 Å². The Morgan fingerprint density at radius 2 is 1.95 bits per heavy atom. The molecule has 4 heteroatoms. The first-order valence-corrected chi connectivity index (χ1v) is 8.08. The second-order valence-electron chi connectivity index (χ2n) is 5.35. The molecule has 1 fully saturated rings. The molecule has 1 aliphatic rings. The minimum absolute atomic E-state index is 0.681. The SMILES string of the molecule is C=CCc1cccc(Cl)c1OCCN1CCN(CC)CC1. The third-order valence-electron chi connectivity index (χ3n) is 3.98. The summed E-state index contributed by atoms with van der Waals surface area (Å²) in [6.45, 7) is 13.3. The summed E-state index contributed by atoms with van der Waals surface area (Å²) in [6.07, 6.45) is 2.66. The van der Waals surface area contributed by atoms with Crippen LogP contribution in [0.3, 0.4) is 0 Å². The van der Waals surface area contributed by atoms with Crippen LogP contribution < -0.4 is 4.74 Å². The summed E-state index contributed by atoms with van der Waals surface area (Å²) < 4.78 is 5.94. The summed E-state index contributed by atoms with van der Waals surface area (Å²) in [6, 6.07) is 5.88. The minimum Gasteiger partial charge on any atom is -0.490 e. The van der Waals surface area contributed by atoms with Gasteiger partial charge < -0.3 is 9.64 Å². The molecule has 1 saturated heterocycles. The molecule has 0 amide bonds. The monoisotopic (exact) mass is 308 g/mol. The van der Waals surface area contributed by atoms with E-state index in [1.54, 1.807) is 0 Å². The highest BCUT2D eigenvalue weighted by molar-refractivity contribution is 6.32. The second-order valence-corrected chi connectivity index (χ2v) is 5.75. The van der Waals surface area contributed by atoms with Crippen molar-refractivity contribution in [3.63, 3.8) is 0 Å². The number of hydrogen-bond acceptors (Lipinski definition) is 3. The third-order valence-corrected chi connectivity index (χ3v) is 4.28. The lowest BCUT2D eigenvalue weighted by molar-refractivity contribution is 0.120. The number of hydrogen-bond donors (Lipinski definition) is 0. The molecule has 21 heavy (non-hydrogen) atoms. The first-order valence-electron chi connectivity index (χ1n) is 7.70. The maximum atomic E-state index is 6.24. The van der Waals surface area contributed by atoms with E-state index >= 15 is 0 Å². The van der Waals surface area contributed by atoms with E-state index in [2.05, 4.69) is 23.3 Å². The Balaban J connectivity index is 1.82. The predicted octanol–water partition coefficient (Wildman–Crippen LogP) is 3.08. The number of likely N-dealkylation sites (N-methyl/N-ethyl adjacent to an activating group) is 1. The van der Waals surface area contributed by atoms with Crippen molar-refractivity contribution in [2.75, 3.05) is 45.9 Å². The normalized spacial score (nSPS) is 16.9. The van der Waals surface area contributed by atoms with Crippen molar-refractivity contribution in [1.29, 1.82) is 0 Å². The van der Waals surface area contributed by atoms with Gasteiger partial charge in [0.05, 0.1) is 5.02 Å². The molecule has 3 nitrogen and oxygen atoms in total. The highest BCUT2D eigenvalue weighted by atomic mass is 35.5. The van der Waals surface area contributed by atoms with Crippen molar-refractivity contribution in [1.82, 2.24) is 9.80 Å². The Labute approximate surface area is 133 Å². The van der Waals surface area contributed by atoms with Crippen LogP contribution in [-0.4, -0.2) is 55.7 Å². The number of benzene rings is 1. The summed E-state index contributed by atoms with van der Waals surface area (Å²) in [4.78, 5) is 4.93. The molecule has 1 heterocycles. The van der Waals surface area contributed by atoms with Gasteiger partial charge in [0.25, 0.3) is 0 Å². The molecule has 0 aromatic heterocycles. The molecule has 1 aliphatic heterocycles. The average molecular weight is 309 g/mol. The standard InChI is InChI=1S/C17H25ClN2O/c1-3-6-15-7-5-8-16(18)17(15)21-14-13-20-11-9-19(4-2)10-12-20/h3,5,7-8H,1,4,6,9-14H2,2H3. The Bertz CT molecular complexity index is 456. The Hall–Kier alpha value is -1.03. The highest BCUT2D eigenvalue weighted by Gasteiger charge is 2.15. The van der Waals surface area contributed by atoms with E-state index in [1.165, 1.54) is 0 Å². The van der Waals surface area contributed by atoms with Crippen LogP contribution in [0.2, 0.25) is 5.02 Å². The fraction of sp³-hybridized carbons (Fsp3) is 0.529. The molecular formula is C17H25ClN2O. The molecule has 1 aromatic carbocycles. The lowest BCUT2D eigenvalue weighted by Crippen LogP contribution is -2.47. The Kier molecular flexibility index (Phi) is 6.55. The minimum atomic E-state index is 0.681. The predicted molar refractivity (Wildman–Crippen MR) is 89.4 cm³/mol. The van der Waals surface area contributed by atoms with Crippen molar-refractivity contribution >= 4 is 11.6 Å². The summed E-state index contributed by atoms with van der Waals surface area (Å²) >= 11 is 6.24. The molecule has 0 unspecified atom stereocenters. The molecule has 0 bridgehead atoms. The van der Waals surface area contributed by atoms with Crippen LogP contribution in [0.25, 0.3) is 0 Å². The number of para-hydroxylation sites is 1. The van der Waals surface area contributed by atoms with E-state index in [0.29, 0.717) is 11.6 Å². The number of allylic oxidation sites excluding steroid dienone is 1. The van der Waals surface area contributed by atoms with Crippen LogP contribution in [0.15, 0.2) is 30.9 Å². The van der Waals surface area contributed by atoms with Crippen LogP contribution in [-0.2, 0) is 6.42 Å². The van der Waals surface area contributed by atoms with Gasteiger partial charge in [0, 0.05) is 32.7 Å². The van der Waals surface area contributed by atoms with Gasteiger partial charge in [-0.15, -0.1) is 6.58 Å². The molecular weight excluding hydrogens is 284 g/mol. The average Bonchev–Trinajstić information content (AvgIpc) is 2.51. The number of ether oxygens (including phenoxy) is 1. The summed E-state index contributed by atoms with van der Waals surface area (Å²) in [5.74, 6) is 0.811. The third kappa shape index (κ3) is 4.73. The molecule has 0 aliphatic carbocycles. The van der Waals surface area contributed by atoms with Gasteiger partial charge in [0.15, 0.2) is 0 Å². The smallest absolute Gasteiger partial charge is 0.141 e. The summed E-state index contributed by atoms with van der Waals surface area (Å²) in [5.41, 5.74) is 1.10. The largest absolute Gasteiger partial charge is 0.490 e. The Morgan fingerprint density at radius 3 is 2.62 bits per heavy atom. The van der Waals surface area contributed by atoms with Crippen molar-refractivity contribution in [3.8, 4) is 5.75 Å². The topological polar surface area (TPSA) is 15.7 Å². The highest BCUT2D eigenvalue weighted by Crippen LogP contribution is 2.29. The molecule has 0 N–H and O–H groups in total. The van der Waals surface area contributed by atoms with Crippen molar-refractivity contribution in [2.24, 2.45) is 0 Å². The molecule has 0 spiro atoms. The van der Waals surface area contributed by atoms with Crippen molar-refractivity contribution < 1.29 is 4.74 Å². The first kappa shape index (κ1) is 16.3. The lowest BCUT2D eigenvalue weighted by Gasteiger charge is -2.33. The van der Waals surface area contributed by atoms with Gasteiger partial charge in [-0.05, 0) is 24.6 Å². The maximum Gasteiger partial charge on any atom is 0.141 e. The van der Waals surface area contributed by atoms with Gasteiger partial charge in [-0.2, -0.15) is 0 Å². The maximum absolute atomic E-state index is 6.24. The fourth-order valence-electron chi connectivity index (χ4n) is 2.64. The van der Waals surface area contributed by atoms with Gasteiger partial charge in [-0.25, -0.2) is 0 Å². The van der Waals surface area contributed by atoms with Crippen LogP contribution in [0.4, 0.5) is 0 Å². The van der Waals surface area contributed by atoms with Crippen LogP contribution in [0, 0.1) is 0 Å². The van der Waals surface area contributed by atoms with Gasteiger partial charge in [-0.3, -0.25) is 4.90 Å². The van der Waals surface area contributed by atoms with Gasteiger partial charge in [0.1, 0.15) is 12.4 Å². The van der Waals surface area contributed by atoms with Gasteiger partial charge in [-0.1, -0.05) is 36.7 Å². The quantitative estimate of drug-likeness (QED) is 0.720. The Morgan fingerprint density at radius 1 is 1.24 bits per heavy atom. The summed E-state index contributed by atoms with van der Waals surface area (Å²) in [5, 5.41) is 0.685. The second kappa shape index (κ2) is 8.42. The number of halogens is 1. The van der Waals surface area contributed by atoms with E-state index in [4.69, 9.17) is 16.3 Å². The van der Waals surface area contributed by atoms with Crippen LogP contribution in [0.1, 0.15) is 12.5 Å². The molecule has 1 aromatic rings. The lowest BCUT2D eigenvalue weighted by atomic mass is 10.1. The zero-order valence-corrected chi connectivity index (χ0v) is 13.6. The first-order chi connectivity index (χ1) is 10.2. The van der Waals surface area contributed by atoms with Crippen molar-refractivity contribution in [2.45, 2.75) is 13.3 Å².